The Morgan fingerprint density at radius 1 is 1.08 bits per heavy atom. The Morgan fingerprint density at radius 3 is 2.24 bits per heavy atom. The van der Waals surface area contributed by atoms with E-state index in [0.717, 1.165) is 12.1 Å². The van der Waals surface area contributed by atoms with Crippen LogP contribution < -0.4 is 10.6 Å². The summed E-state index contributed by atoms with van der Waals surface area (Å²) in [6.45, 7) is 7.98. The topological polar surface area (TPSA) is 70.7 Å². The number of methoxy groups -OCH3 is 1. The predicted octanol–water partition coefficient (Wildman–Crippen LogP) is 2.01. The third kappa shape index (κ3) is 8.65. The van der Waals surface area contributed by atoms with Crippen LogP contribution in [0.1, 0.15) is 32.8 Å². The predicted molar refractivity (Wildman–Crippen MR) is 101 cm³/mol. The lowest BCUT2D eigenvalue weighted by atomic mass is 9.87. The van der Waals surface area contributed by atoms with Crippen molar-refractivity contribution in [3.63, 3.8) is 0 Å². The monoisotopic (exact) mass is 349 g/mol. The summed E-state index contributed by atoms with van der Waals surface area (Å²) >= 11 is 0. The van der Waals surface area contributed by atoms with E-state index >= 15 is 0 Å². The van der Waals surface area contributed by atoms with Crippen molar-refractivity contribution in [2.75, 3.05) is 45.7 Å². The van der Waals surface area contributed by atoms with E-state index in [-0.39, 0.29) is 30.3 Å². The molecule has 140 valence electrons. The van der Waals surface area contributed by atoms with Crippen LogP contribution >= 0.6 is 0 Å². The maximum Gasteiger partial charge on any atom is 0.238 e. The van der Waals surface area contributed by atoms with E-state index in [1.165, 1.54) is 5.56 Å². The summed E-state index contributed by atoms with van der Waals surface area (Å²) in [5.74, 6) is -0.237. The highest BCUT2D eigenvalue weighted by molar-refractivity contribution is 5.92. The quantitative estimate of drug-likeness (QED) is 0.669. The lowest BCUT2D eigenvalue weighted by molar-refractivity contribution is -0.123. The molecule has 0 atom stereocenters. The molecule has 0 bridgehead atoms. The zero-order valence-electron chi connectivity index (χ0n) is 16.0. The molecule has 1 aromatic carbocycles. The number of likely N-dealkylation sites (N-methyl/N-ethyl adjacent to an activating group) is 1. The van der Waals surface area contributed by atoms with Crippen molar-refractivity contribution in [2.24, 2.45) is 0 Å². The fourth-order valence-corrected chi connectivity index (χ4v) is 2.30. The molecule has 0 heterocycles. The van der Waals surface area contributed by atoms with Crippen LogP contribution in [0.5, 0.6) is 0 Å². The Hall–Kier alpha value is -1.92. The number of amides is 2. The fourth-order valence-electron chi connectivity index (χ4n) is 2.30. The summed E-state index contributed by atoms with van der Waals surface area (Å²) in [6, 6.07) is 7.85. The van der Waals surface area contributed by atoms with Gasteiger partial charge >= 0.3 is 0 Å². The van der Waals surface area contributed by atoms with Crippen molar-refractivity contribution in [3.8, 4) is 0 Å². The normalized spacial score (nSPS) is 11.4. The van der Waals surface area contributed by atoms with Gasteiger partial charge in [-0.1, -0.05) is 32.9 Å². The number of anilines is 1. The number of rotatable bonds is 9. The van der Waals surface area contributed by atoms with Crippen LogP contribution in [0.3, 0.4) is 0 Å². The van der Waals surface area contributed by atoms with Crippen LogP contribution in [-0.4, -0.2) is 57.1 Å². The first-order valence-electron chi connectivity index (χ1n) is 8.57. The highest BCUT2D eigenvalue weighted by Crippen LogP contribution is 2.23. The molecule has 0 aliphatic rings. The van der Waals surface area contributed by atoms with Crippen molar-refractivity contribution < 1.29 is 14.3 Å². The number of nitrogens with one attached hydrogen (secondary N) is 2. The Labute approximate surface area is 150 Å². The van der Waals surface area contributed by atoms with Crippen LogP contribution in [0.15, 0.2) is 24.3 Å². The van der Waals surface area contributed by atoms with Gasteiger partial charge in [0.2, 0.25) is 11.8 Å². The first-order chi connectivity index (χ1) is 11.7. The molecule has 0 saturated heterocycles. The summed E-state index contributed by atoms with van der Waals surface area (Å²) in [6.07, 6.45) is 0.775. The molecule has 0 radical (unpaired) electrons. The molecule has 2 amide bonds. The maximum absolute atomic E-state index is 12.1. The average molecular weight is 349 g/mol. The number of nitrogens with zero attached hydrogens (tertiary/aromatic N) is 1. The molecular formula is C19H31N3O3. The molecule has 6 nitrogen and oxygen atoms in total. The minimum absolute atomic E-state index is 0.0827. The second-order valence-electron chi connectivity index (χ2n) is 7.24. The van der Waals surface area contributed by atoms with Crippen LogP contribution in [0.4, 0.5) is 5.69 Å². The van der Waals surface area contributed by atoms with Crippen molar-refractivity contribution in [1.29, 1.82) is 0 Å². The van der Waals surface area contributed by atoms with Gasteiger partial charge in [-0.3, -0.25) is 14.5 Å². The van der Waals surface area contributed by atoms with Gasteiger partial charge in [0.1, 0.15) is 0 Å². The molecule has 0 aromatic heterocycles. The number of carbonyl (C=O) groups is 2. The molecule has 0 aliphatic heterocycles. The largest absolute Gasteiger partial charge is 0.385 e. The lowest BCUT2D eigenvalue weighted by Crippen LogP contribution is -2.39. The fraction of sp³-hybridized carbons (Fsp3) is 0.579. The van der Waals surface area contributed by atoms with Crippen molar-refractivity contribution >= 4 is 17.5 Å². The molecule has 6 heteroatoms. The van der Waals surface area contributed by atoms with Crippen molar-refractivity contribution in [1.82, 2.24) is 10.2 Å². The molecule has 1 rings (SSSR count). The zero-order valence-corrected chi connectivity index (χ0v) is 16.0. The third-order valence-corrected chi connectivity index (χ3v) is 3.71. The Bertz CT molecular complexity index is 550. The highest BCUT2D eigenvalue weighted by Gasteiger charge is 2.14. The Kier molecular flexibility index (Phi) is 8.58. The maximum atomic E-state index is 12.1. The number of benzene rings is 1. The van der Waals surface area contributed by atoms with Crippen molar-refractivity contribution in [2.45, 2.75) is 32.6 Å². The van der Waals surface area contributed by atoms with Crippen LogP contribution in [0.2, 0.25) is 0 Å². The van der Waals surface area contributed by atoms with Gasteiger partial charge in [0.15, 0.2) is 0 Å². The summed E-state index contributed by atoms with van der Waals surface area (Å²) < 4.78 is 4.93. The van der Waals surface area contributed by atoms with Gasteiger partial charge in [0, 0.05) is 25.9 Å². The van der Waals surface area contributed by atoms with Gasteiger partial charge in [0.25, 0.3) is 0 Å². The molecule has 0 spiro atoms. The molecular weight excluding hydrogens is 318 g/mol. The number of hydrogen-bond donors (Lipinski definition) is 2. The average Bonchev–Trinajstić information content (AvgIpc) is 2.51. The van der Waals surface area contributed by atoms with Gasteiger partial charge in [-0.2, -0.15) is 0 Å². The van der Waals surface area contributed by atoms with Gasteiger partial charge in [-0.15, -0.1) is 0 Å². The zero-order chi connectivity index (χ0) is 18.9. The lowest BCUT2D eigenvalue weighted by Gasteiger charge is -2.19. The minimum Gasteiger partial charge on any atom is -0.385 e. The second kappa shape index (κ2) is 10.2. The second-order valence-corrected chi connectivity index (χ2v) is 7.24. The molecule has 0 fully saturated rings. The molecule has 2 N–H and O–H groups in total. The van der Waals surface area contributed by atoms with Crippen LogP contribution in [0, 0.1) is 0 Å². The van der Waals surface area contributed by atoms with E-state index in [1.807, 2.05) is 24.3 Å². The summed E-state index contributed by atoms with van der Waals surface area (Å²) in [5, 5.41) is 5.66. The molecule has 1 aromatic rings. The summed E-state index contributed by atoms with van der Waals surface area (Å²) in [4.78, 5) is 25.5. The van der Waals surface area contributed by atoms with E-state index in [4.69, 9.17) is 4.74 Å². The Morgan fingerprint density at radius 2 is 1.68 bits per heavy atom. The number of hydrogen-bond acceptors (Lipinski definition) is 4. The van der Waals surface area contributed by atoms with E-state index in [1.54, 1.807) is 19.1 Å². The first kappa shape index (κ1) is 21.1. The standard InChI is InChI=1S/C19H31N3O3/c1-19(2,3)15-7-9-16(10-8-15)21-18(24)14-22(4)13-17(23)20-11-6-12-25-5/h7-10H,6,11-14H2,1-5H3,(H,20,23)(H,21,24). The van der Waals surface area contributed by atoms with Crippen molar-refractivity contribution in [3.05, 3.63) is 29.8 Å². The third-order valence-electron chi connectivity index (χ3n) is 3.71. The molecule has 0 saturated carbocycles. The first-order valence-corrected chi connectivity index (χ1v) is 8.57. The smallest absolute Gasteiger partial charge is 0.238 e. The number of carbonyl (C=O) groups excluding carboxylic acids is 2. The Balaban J connectivity index is 2.36. The number of ether oxygens (including phenoxy) is 1. The summed E-state index contributed by atoms with van der Waals surface area (Å²) in [7, 11) is 3.38. The molecule has 25 heavy (non-hydrogen) atoms. The minimum atomic E-state index is -0.141. The SMILES string of the molecule is COCCCNC(=O)CN(C)CC(=O)Nc1ccc(C(C)(C)C)cc1. The van der Waals surface area contributed by atoms with Crippen LogP contribution in [0.25, 0.3) is 0 Å². The molecule has 0 aliphatic carbocycles. The van der Waals surface area contributed by atoms with Gasteiger partial charge in [-0.25, -0.2) is 0 Å². The van der Waals surface area contributed by atoms with E-state index in [9.17, 15) is 9.59 Å². The molecule has 0 unspecified atom stereocenters. The van der Waals surface area contributed by atoms with E-state index < -0.39 is 0 Å². The van der Waals surface area contributed by atoms with Gasteiger partial charge < -0.3 is 15.4 Å². The van der Waals surface area contributed by atoms with Gasteiger partial charge in [-0.05, 0) is 36.6 Å². The van der Waals surface area contributed by atoms with Crippen LogP contribution in [-0.2, 0) is 19.7 Å². The summed E-state index contributed by atoms with van der Waals surface area (Å²) in [5.41, 5.74) is 2.06. The van der Waals surface area contributed by atoms with E-state index in [0.29, 0.717) is 13.2 Å². The van der Waals surface area contributed by atoms with E-state index in [2.05, 4.69) is 31.4 Å². The van der Waals surface area contributed by atoms with Gasteiger partial charge in [0.05, 0.1) is 13.1 Å². The highest BCUT2D eigenvalue weighted by atomic mass is 16.5.